The molecule has 1 N–H and O–H groups in total. The molecule has 2 aromatic heterocycles. The lowest BCUT2D eigenvalue weighted by Crippen LogP contribution is -2.51. The van der Waals surface area contributed by atoms with Gasteiger partial charge in [0.25, 0.3) is 0 Å². The molecule has 29 heavy (non-hydrogen) atoms. The molecule has 152 valence electrons. The van der Waals surface area contributed by atoms with Gasteiger partial charge in [-0.05, 0) is 18.2 Å². The molecular formula is C20H21F3N5O+. The predicted molar refractivity (Wildman–Crippen MR) is 102 cm³/mol. The first kappa shape index (κ1) is 19.1. The van der Waals surface area contributed by atoms with Crippen molar-refractivity contribution in [2.24, 2.45) is 7.05 Å². The van der Waals surface area contributed by atoms with Gasteiger partial charge in [-0.25, -0.2) is 4.98 Å². The van der Waals surface area contributed by atoms with E-state index < -0.39 is 11.7 Å². The van der Waals surface area contributed by atoms with Crippen LogP contribution in [0.1, 0.15) is 5.56 Å². The summed E-state index contributed by atoms with van der Waals surface area (Å²) in [6, 6.07) is 10.7. The van der Waals surface area contributed by atoms with E-state index in [1.165, 1.54) is 6.07 Å². The van der Waals surface area contributed by atoms with Gasteiger partial charge in [0, 0.05) is 24.9 Å². The number of hydrogen-bond acceptors (Lipinski definition) is 4. The lowest BCUT2D eigenvalue weighted by Gasteiger charge is -2.31. The highest BCUT2D eigenvalue weighted by atomic mass is 19.4. The Bertz CT molecular complexity index is 1010. The number of piperazine rings is 1. The van der Waals surface area contributed by atoms with E-state index in [0.717, 1.165) is 22.7 Å². The van der Waals surface area contributed by atoms with Gasteiger partial charge in [-0.1, -0.05) is 22.9 Å². The Morgan fingerprint density at radius 2 is 1.72 bits per heavy atom. The van der Waals surface area contributed by atoms with Gasteiger partial charge in [0.15, 0.2) is 0 Å². The molecule has 9 heteroatoms. The topological polar surface area (TPSA) is 48.4 Å². The van der Waals surface area contributed by atoms with Crippen molar-refractivity contribution >= 4 is 11.8 Å². The van der Waals surface area contributed by atoms with E-state index in [-0.39, 0.29) is 0 Å². The van der Waals surface area contributed by atoms with Gasteiger partial charge in [-0.3, -0.25) is 4.90 Å². The third kappa shape index (κ3) is 3.85. The van der Waals surface area contributed by atoms with Crippen LogP contribution >= 0.6 is 0 Å². The lowest BCUT2D eigenvalue weighted by molar-refractivity contribution is -0.894. The largest absolute Gasteiger partial charge is 0.416 e. The first-order chi connectivity index (χ1) is 13.8. The maximum Gasteiger partial charge on any atom is 0.416 e. The average molecular weight is 404 g/mol. The summed E-state index contributed by atoms with van der Waals surface area (Å²) in [4.78, 5) is 8.76. The fourth-order valence-corrected chi connectivity index (χ4v) is 3.56. The molecule has 3 heterocycles. The van der Waals surface area contributed by atoms with Crippen molar-refractivity contribution in [1.29, 1.82) is 0 Å². The number of aryl methyl sites for hydroxylation is 1. The normalized spacial score (nSPS) is 15.0. The second-order valence-corrected chi connectivity index (χ2v) is 6.99. The highest BCUT2D eigenvalue weighted by Crippen LogP contribution is 2.32. The Morgan fingerprint density at radius 3 is 2.41 bits per heavy atom. The molecule has 1 aliphatic rings. The van der Waals surface area contributed by atoms with Gasteiger partial charge in [0.05, 0.1) is 24.3 Å². The van der Waals surface area contributed by atoms with Crippen LogP contribution in [-0.4, -0.2) is 40.9 Å². The number of rotatable bonds is 3. The number of alkyl halides is 3. The van der Waals surface area contributed by atoms with Gasteiger partial charge < -0.3 is 14.7 Å². The molecule has 0 atom stereocenters. The first-order valence-electron chi connectivity index (χ1n) is 9.24. The molecule has 1 saturated heterocycles. The SMILES string of the molecule is Cn1cc(-c2cccc(C(F)(F)F)c2)nc1N1CCN(c2cccc[n+]2O)CC1. The minimum absolute atomic E-state index is 0.436. The van der Waals surface area contributed by atoms with E-state index in [2.05, 4.69) is 14.8 Å². The fourth-order valence-electron chi connectivity index (χ4n) is 3.56. The van der Waals surface area contributed by atoms with Crippen LogP contribution in [0.2, 0.25) is 0 Å². The Morgan fingerprint density at radius 1 is 1.00 bits per heavy atom. The standard InChI is InChI=1S/C20H21F3N5O/c1-25-14-17(15-5-4-6-16(13-15)20(21,22)23)24-19(25)27-11-9-26(10-12-27)18-7-2-3-8-28(18)29/h2-8,13-14,29H,9-12H2,1H3/q+1. The summed E-state index contributed by atoms with van der Waals surface area (Å²) in [6.07, 6.45) is -1.05. The second kappa shape index (κ2) is 7.31. The van der Waals surface area contributed by atoms with Crippen molar-refractivity contribution in [1.82, 2.24) is 9.55 Å². The summed E-state index contributed by atoms with van der Waals surface area (Å²) in [7, 11) is 1.84. The summed E-state index contributed by atoms with van der Waals surface area (Å²) in [6.45, 7) is 2.75. The molecule has 0 aliphatic carbocycles. The minimum Gasteiger partial charge on any atom is -0.350 e. The van der Waals surface area contributed by atoms with Crippen molar-refractivity contribution in [3.63, 3.8) is 0 Å². The molecule has 3 aromatic rings. The number of anilines is 2. The smallest absolute Gasteiger partial charge is 0.350 e. The Balaban J connectivity index is 1.52. The molecule has 0 bridgehead atoms. The molecule has 1 fully saturated rings. The Hall–Kier alpha value is -3.23. The Labute approximate surface area is 166 Å². The fraction of sp³-hybridized carbons (Fsp3) is 0.300. The van der Waals surface area contributed by atoms with Gasteiger partial charge >= 0.3 is 12.0 Å². The number of nitrogens with zero attached hydrogens (tertiary/aromatic N) is 5. The minimum atomic E-state index is -4.38. The molecule has 1 aromatic carbocycles. The number of hydrogen-bond donors (Lipinski definition) is 1. The molecule has 6 nitrogen and oxygen atoms in total. The summed E-state index contributed by atoms with van der Waals surface area (Å²) in [5.74, 6) is 1.43. The number of benzene rings is 1. The summed E-state index contributed by atoms with van der Waals surface area (Å²) in [5.41, 5.74) is 0.259. The van der Waals surface area contributed by atoms with Gasteiger partial charge in [0.1, 0.15) is 19.3 Å². The summed E-state index contributed by atoms with van der Waals surface area (Å²) < 4.78 is 42.0. The lowest BCUT2D eigenvalue weighted by atomic mass is 10.1. The maximum atomic E-state index is 13.0. The monoisotopic (exact) mass is 404 g/mol. The zero-order chi connectivity index (χ0) is 20.6. The highest BCUT2D eigenvalue weighted by Gasteiger charge is 2.31. The van der Waals surface area contributed by atoms with E-state index in [4.69, 9.17) is 0 Å². The van der Waals surface area contributed by atoms with E-state index >= 15 is 0 Å². The molecule has 0 saturated carbocycles. The van der Waals surface area contributed by atoms with Crippen LogP contribution in [0.4, 0.5) is 24.9 Å². The van der Waals surface area contributed by atoms with E-state index in [1.807, 2.05) is 23.7 Å². The molecule has 0 amide bonds. The van der Waals surface area contributed by atoms with Crippen LogP contribution in [-0.2, 0) is 13.2 Å². The number of imidazole rings is 1. The van der Waals surface area contributed by atoms with Crippen LogP contribution in [0.3, 0.4) is 0 Å². The zero-order valence-corrected chi connectivity index (χ0v) is 15.8. The number of halogens is 3. The van der Waals surface area contributed by atoms with Crippen LogP contribution in [0.25, 0.3) is 11.3 Å². The molecular weight excluding hydrogens is 383 g/mol. The Kier molecular flexibility index (Phi) is 4.81. The van der Waals surface area contributed by atoms with Crippen LogP contribution in [0.15, 0.2) is 54.9 Å². The number of pyridine rings is 1. The number of aromatic nitrogens is 3. The van der Waals surface area contributed by atoms with Crippen molar-refractivity contribution in [2.45, 2.75) is 6.18 Å². The highest BCUT2D eigenvalue weighted by molar-refractivity contribution is 5.62. The third-order valence-corrected chi connectivity index (χ3v) is 5.04. The van der Waals surface area contributed by atoms with Crippen molar-refractivity contribution < 1.29 is 23.1 Å². The quantitative estimate of drug-likeness (QED) is 0.539. The van der Waals surface area contributed by atoms with Crippen LogP contribution < -0.4 is 14.5 Å². The molecule has 0 spiro atoms. The third-order valence-electron chi connectivity index (χ3n) is 5.04. The van der Waals surface area contributed by atoms with E-state index in [9.17, 15) is 18.4 Å². The summed E-state index contributed by atoms with van der Waals surface area (Å²) >= 11 is 0. The van der Waals surface area contributed by atoms with Gasteiger partial charge in [-0.15, -0.1) is 0 Å². The van der Waals surface area contributed by atoms with Crippen LogP contribution in [0.5, 0.6) is 0 Å². The van der Waals surface area contributed by atoms with Crippen molar-refractivity contribution in [2.75, 3.05) is 36.0 Å². The van der Waals surface area contributed by atoms with Crippen molar-refractivity contribution in [3.05, 3.63) is 60.4 Å². The van der Waals surface area contributed by atoms with Gasteiger partial charge in [0.2, 0.25) is 5.95 Å². The predicted octanol–water partition coefficient (Wildman–Crippen LogP) is 2.96. The van der Waals surface area contributed by atoms with E-state index in [1.54, 1.807) is 24.5 Å². The van der Waals surface area contributed by atoms with Gasteiger partial charge in [-0.2, -0.15) is 13.2 Å². The first-order valence-corrected chi connectivity index (χ1v) is 9.24. The van der Waals surface area contributed by atoms with Crippen LogP contribution in [0, 0.1) is 0 Å². The van der Waals surface area contributed by atoms with Crippen molar-refractivity contribution in [3.8, 4) is 11.3 Å². The molecule has 4 rings (SSSR count). The average Bonchev–Trinajstić information content (AvgIpc) is 3.10. The molecule has 1 aliphatic heterocycles. The summed E-state index contributed by atoms with van der Waals surface area (Å²) in [5, 5.41) is 9.96. The second-order valence-electron chi connectivity index (χ2n) is 6.99. The zero-order valence-electron chi connectivity index (χ0n) is 15.8. The molecule has 0 radical (unpaired) electrons. The molecule has 0 unspecified atom stereocenters. The van der Waals surface area contributed by atoms with E-state index in [0.29, 0.717) is 43.4 Å². The maximum absolute atomic E-state index is 13.0.